The normalized spacial score (nSPS) is 20.5. The summed E-state index contributed by atoms with van der Waals surface area (Å²) in [5.74, 6) is -0.385. The molecule has 2 saturated heterocycles. The van der Waals surface area contributed by atoms with Crippen molar-refractivity contribution in [1.82, 2.24) is 15.1 Å². The molecule has 2 fully saturated rings. The molecule has 0 spiro atoms. The lowest BCUT2D eigenvalue weighted by Gasteiger charge is -2.29. The molecule has 7 nitrogen and oxygen atoms in total. The molecule has 0 aliphatic carbocycles. The summed E-state index contributed by atoms with van der Waals surface area (Å²) in [5, 5.41) is 4.58. The van der Waals surface area contributed by atoms with Crippen LogP contribution in [0.15, 0.2) is 24.3 Å². The highest BCUT2D eigenvalue weighted by molar-refractivity contribution is 5.95. The second kappa shape index (κ2) is 9.45. The fourth-order valence-corrected chi connectivity index (χ4v) is 3.51. The summed E-state index contributed by atoms with van der Waals surface area (Å²) in [5.41, 5.74) is 0.581. The Labute approximate surface area is 167 Å². The number of alkyl halides is 3. The standard InChI is InChI=1S/C19H25F3N4O3/c20-19(21,22)13-23-17(27)15-1-3-16(4-2-15)24-18(28)26-6-5-14(12-26)11-25-7-9-29-10-8-25/h1-4,14H,5-13H2,(H,23,27)(H,24,28)/t14-/m1/s1. The minimum Gasteiger partial charge on any atom is -0.379 e. The number of benzene rings is 1. The van der Waals surface area contributed by atoms with Gasteiger partial charge in [-0.15, -0.1) is 0 Å². The van der Waals surface area contributed by atoms with Crippen LogP contribution in [0.2, 0.25) is 0 Å². The first-order chi connectivity index (χ1) is 13.8. The highest BCUT2D eigenvalue weighted by atomic mass is 19.4. The van der Waals surface area contributed by atoms with E-state index in [0.29, 0.717) is 24.7 Å². The van der Waals surface area contributed by atoms with Crippen LogP contribution < -0.4 is 10.6 Å². The van der Waals surface area contributed by atoms with E-state index in [9.17, 15) is 22.8 Å². The van der Waals surface area contributed by atoms with Crippen molar-refractivity contribution in [2.45, 2.75) is 12.6 Å². The molecule has 0 saturated carbocycles. The van der Waals surface area contributed by atoms with E-state index in [2.05, 4.69) is 10.2 Å². The fourth-order valence-electron chi connectivity index (χ4n) is 3.51. The largest absolute Gasteiger partial charge is 0.405 e. The van der Waals surface area contributed by atoms with Gasteiger partial charge in [-0.1, -0.05) is 0 Å². The Kier molecular flexibility index (Phi) is 6.96. The van der Waals surface area contributed by atoms with E-state index < -0.39 is 18.6 Å². The number of likely N-dealkylation sites (tertiary alicyclic amines) is 1. The van der Waals surface area contributed by atoms with Crippen LogP contribution in [-0.4, -0.2) is 80.4 Å². The first-order valence-corrected chi connectivity index (χ1v) is 9.61. The van der Waals surface area contributed by atoms with Crippen LogP contribution in [0.1, 0.15) is 16.8 Å². The maximum absolute atomic E-state index is 12.5. The predicted octanol–water partition coefficient (Wildman–Crippen LogP) is 2.16. The van der Waals surface area contributed by atoms with Crippen molar-refractivity contribution < 1.29 is 27.5 Å². The number of hydrogen-bond donors (Lipinski definition) is 2. The molecule has 0 unspecified atom stereocenters. The molecule has 3 rings (SSSR count). The third-order valence-corrected chi connectivity index (χ3v) is 5.04. The molecule has 2 aliphatic rings. The number of carbonyl (C=O) groups is 2. The van der Waals surface area contributed by atoms with Gasteiger partial charge in [-0.3, -0.25) is 9.69 Å². The van der Waals surface area contributed by atoms with Gasteiger partial charge in [0, 0.05) is 44.0 Å². The number of amides is 3. The van der Waals surface area contributed by atoms with E-state index >= 15 is 0 Å². The second-order valence-corrected chi connectivity index (χ2v) is 7.32. The quantitative estimate of drug-likeness (QED) is 0.775. The van der Waals surface area contributed by atoms with Crippen molar-refractivity contribution in [1.29, 1.82) is 0 Å². The number of morpholine rings is 1. The van der Waals surface area contributed by atoms with Crippen molar-refractivity contribution in [2.75, 3.05) is 57.8 Å². The molecule has 160 valence electrons. The zero-order valence-electron chi connectivity index (χ0n) is 16.0. The second-order valence-electron chi connectivity index (χ2n) is 7.32. The Morgan fingerprint density at radius 3 is 2.45 bits per heavy atom. The van der Waals surface area contributed by atoms with Gasteiger partial charge in [0.1, 0.15) is 6.54 Å². The number of nitrogens with zero attached hydrogens (tertiary/aromatic N) is 2. The predicted molar refractivity (Wildman–Crippen MR) is 101 cm³/mol. The first-order valence-electron chi connectivity index (χ1n) is 9.61. The van der Waals surface area contributed by atoms with E-state index in [0.717, 1.165) is 39.3 Å². The topological polar surface area (TPSA) is 73.9 Å². The van der Waals surface area contributed by atoms with Crippen LogP contribution in [0.25, 0.3) is 0 Å². The van der Waals surface area contributed by atoms with Crippen LogP contribution in [0, 0.1) is 5.92 Å². The average Bonchev–Trinajstić information content (AvgIpc) is 3.15. The van der Waals surface area contributed by atoms with Crippen molar-refractivity contribution in [3.63, 3.8) is 0 Å². The van der Waals surface area contributed by atoms with Gasteiger partial charge in [0.05, 0.1) is 13.2 Å². The van der Waals surface area contributed by atoms with E-state index in [-0.39, 0.29) is 11.6 Å². The third-order valence-electron chi connectivity index (χ3n) is 5.04. The van der Waals surface area contributed by atoms with Gasteiger partial charge in [0.15, 0.2) is 0 Å². The van der Waals surface area contributed by atoms with Gasteiger partial charge in [0.2, 0.25) is 0 Å². The van der Waals surface area contributed by atoms with Crippen LogP contribution >= 0.6 is 0 Å². The number of ether oxygens (including phenoxy) is 1. The number of anilines is 1. The molecule has 0 aromatic heterocycles. The zero-order valence-corrected chi connectivity index (χ0v) is 16.0. The molecule has 3 amide bonds. The van der Waals surface area contributed by atoms with Crippen LogP contribution in [0.4, 0.5) is 23.7 Å². The van der Waals surface area contributed by atoms with Crippen molar-refractivity contribution in [2.24, 2.45) is 5.92 Å². The maximum atomic E-state index is 12.5. The first kappa shape index (κ1) is 21.4. The van der Waals surface area contributed by atoms with Gasteiger partial charge >= 0.3 is 12.2 Å². The number of halogens is 3. The lowest BCUT2D eigenvalue weighted by Crippen LogP contribution is -2.40. The lowest BCUT2D eigenvalue weighted by atomic mass is 10.1. The van der Waals surface area contributed by atoms with Gasteiger partial charge in [-0.2, -0.15) is 13.2 Å². The Balaban J connectivity index is 1.45. The Bertz CT molecular complexity index is 706. The molecule has 2 aliphatic heterocycles. The molecular formula is C19H25F3N4O3. The molecule has 10 heteroatoms. The van der Waals surface area contributed by atoms with E-state index in [4.69, 9.17) is 4.74 Å². The molecule has 2 heterocycles. The summed E-state index contributed by atoms with van der Waals surface area (Å²) in [6, 6.07) is 5.55. The lowest BCUT2D eigenvalue weighted by molar-refractivity contribution is -0.123. The Hall–Kier alpha value is -2.33. The average molecular weight is 414 g/mol. The van der Waals surface area contributed by atoms with E-state index in [1.165, 1.54) is 24.3 Å². The molecule has 1 atom stereocenters. The highest BCUT2D eigenvalue weighted by Crippen LogP contribution is 2.20. The molecule has 0 radical (unpaired) electrons. The molecule has 1 aromatic rings. The molecule has 29 heavy (non-hydrogen) atoms. The smallest absolute Gasteiger partial charge is 0.379 e. The minimum absolute atomic E-state index is 0.0963. The summed E-state index contributed by atoms with van der Waals surface area (Å²) in [7, 11) is 0. The third kappa shape index (κ3) is 6.60. The van der Waals surface area contributed by atoms with Crippen LogP contribution in [-0.2, 0) is 4.74 Å². The van der Waals surface area contributed by atoms with Crippen molar-refractivity contribution in [3.05, 3.63) is 29.8 Å². The summed E-state index contributed by atoms with van der Waals surface area (Å²) >= 11 is 0. The summed E-state index contributed by atoms with van der Waals surface area (Å²) in [6.45, 7) is 4.28. The van der Waals surface area contributed by atoms with Gasteiger partial charge < -0.3 is 20.3 Å². The number of nitrogens with one attached hydrogen (secondary N) is 2. The van der Waals surface area contributed by atoms with Crippen molar-refractivity contribution >= 4 is 17.6 Å². The number of rotatable bonds is 5. The number of hydrogen-bond acceptors (Lipinski definition) is 4. The summed E-state index contributed by atoms with van der Waals surface area (Å²) in [4.78, 5) is 28.3. The summed E-state index contributed by atoms with van der Waals surface area (Å²) < 4.78 is 41.9. The molecular weight excluding hydrogens is 389 g/mol. The monoisotopic (exact) mass is 414 g/mol. The zero-order chi connectivity index (χ0) is 20.9. The van der Waals surface area contributed by atoms with Crippen LogP contribution in [0.3, 0.4) is 0 Å². The van der Waals surface area contributed by atoms with Gasteiger partial charge in [0.25, 0.3) is 5.91 Å². The number of urea groups is 1. The van der Waals surface area contributed by atoms with Gasteiger partial charge in [-0.05, 0) is 36.6 Å². The minimum atomic E-state index is -4.46. The van der Waals surface area contributed by atoms with Crippen LogP contribution in [0.5, 0.6) is 0 Å². The molecule has 2 N–H and O–H groups in total. The molecule has 0 bridgehead atoms. The Morgan fingerprint density at radius 2 is 1.79 bits per heavy atom. The maximum Gasteiger partial charge on any atom is 0.405 e. The van der Waals surface area contributed by atoms with E-state index in [1.807, 2.05) is 5.32 Å². The highest BCUT2D eigenvalue weighted by Gasteiger charge is 2.29. The van der Waals surface area contributed by atoms with E-state index in [1.54, 1.807) is 4.90 Å². The Morgan fingerprint density at radius 1 is 1.10 bits per heavy atom. The summed E-state index contributed by atoms with van der Waals surface area (Å²) in [6.07, 6.45) is -3.51. The number of carbonyl (C=O) groups excluding carboxylic acids is 2. The van der Waals surface area contributed by atoms with Crippen molar-refractivity contribution in [3.8, 4) is 0 Å². The molecule has 1 aromatic carbocycles. The SMILES string of the molecule is O=C(NCC(F)(F)F)c1ccc(NC(=O)N2CC[C@H](CN3CCOCC3)C2)cc1. The fraction of sp³-hybridized carbons (Fsp3) is 0.579. The van der Waals surface area contributed by atoms with Gasteiger partial charge in [-0.25, -0.2) is 4.79 Å².